The van der Waals surface area contributed by atoms with Crippen LogP contribution < -0.4 is 0 Å². The summed E-state index contributed by atoms with van der Waals surface area (Å²) in [5, 5.41) is 0. The number of hydrogen-bond donors (Lipinski definition) is 0. The zero-order chi connectivity index (χ0) is 12.8. The Hall–Kier alpha value is -1.39. The third-order valence-electron chi connectivity index (χ3n) is 2.30. The average molecular weight is 238 g/mol. The third kappa shape index (κ3) is 4.17. The minimum Gasteiger partial charge on any atom is -0.382 e. The van der Waals surface area contributed by atoms with Crippen molar-refractivity contribution >= 4 is 5.97 Å². The number of carbonyl (C=O) groups excluding carboxylic acids is 1. The van der Waals surface area contributed by atoms with E-state index in [2.05, 4.69) is 0 Å². The maximum atomic E-state index is 11.7. The van der Waals surface area contributed by atoms with Crippen LogP contribution in [0.3, 0.4) is 0 Å². The van der Waals surface area contributed by atoms with Gasteiger partial charge in [-0.05, 0) is 32.4 Å². The van der Waals surface area contributed by atoms with Gasteiger partial charge < -0.3 is 4.74 Å². The molecule has 94 valence electrons. The SMILES string of the molecule is COCC(C)OOC(=O)c1cc(C)ccc1C. The summed E-state index contributed by atoms with van der Waals surface area (Å²) in [6.45, 7) is 5.92. The van der Waals surface area contributed by atoms with Gasteiger partial charge in [0.1, 0.15) is 6.10 Å². The average Bonchev–Trinajstić information content (AvgIpc) is 2.29. The quantitative estimate of drug-likeness (QED) is 0.583. The minimum atomic E-state index is -0.478. The van der Waals surface area contributed by atoms with Gasteiger partial charge in [0.25, 0.3) is 0 Å². The van der Waals surface area contributed by atoms with Gasteiger partial charge in [0, 0.05) is 7.11 Å². The monoisotopic (exact) mass is 238 g/mol. The first-order chi connectivity index (χ1) is 8.04. The molecule has 1 atom stereocenters. The van der Waals surface area contributed by atoms with E-state index in [1.54, 1.807) is 20.1 Å². The van der Waals surface area contributed by atoms with Crippen molar-refractivity contribution in [1.82, 2.24) is 0 Å². The molecule has 1 aromatic rings. The van der Waals surface area contributed by atoms with E-state index in [1.807, 2.05) is 26.0 Å². The molecule has 0 fully saturated rings. The molecule has 0 saturated heterocycles. The van der Waals surface area contributed by atoms with Crippen LogP contribution in [0.2, 0.25) is 0 Å². The molecular weight excluding hydrogens is 220 g/mol. The van der Waals surface area contributed by atoms with Crippen LogP contribution >= 0.6 is 0 Å². The first-order valence-corrected chi connectivity index (χ1v) is 5.48. The van der Waals surface area contributed by atoms with Crippen LogP contribution in [0.1, 0.15) is 28.4 Å². The fourth-order valence-electron chi connectivity index (χ4n) is 1.39. The number of ether oxygens (including phenoxy) is 1. The van der Waals surface area contributed by atoms with Crippen molar-refractivity contribution in [1.29, 1.82) is 0 Å². The molecular formula is C13H18O4. The van der Waals surface area contributed by atoms with E-state index < -0.39 is 5.97 Å². The predicted octanol–water partition coefficient (Wildman–Crippen LogP) is 2.43. The van der Waals surface area contributed by atoms with Gasteiger partial charge in [-0.3, -0.25) is 4.89 Å². The summed E-state index contributed by atoms with van der Waals surface area (Å²) in [4.78, 5) is 21.4. The molecule has 1 aromatic carbocycles. The summed E-state index contributed by atoms with van der Waals surface area (Å²) in [6, 6.07) is 5.60. The number of benzene rings is 1. The van der Waals surface area contributed by atoms with E-state index >= 15 is 0 Å². The van der Waals surface area contributed by atoms with Crippen molar-refractivity contribution in [2.24, 2.45) is 0 Å². The molecule has 4 nitrogen and oxygen atoms in total. The van der Waals surface area contributed by atoms with E-state index in [9.17, 15) is 4.79 Å². The predicted molar refractivity (Wildman–Crippen MR) is 63.8 cm³/mol. The summed E-state index contributed by atoms with van der Waals surface area (Å²) in [5.41, 5.74) is 2.39. The zero-order valence-corrected chi connectivity index (χ0v) is 10.6. The molecule has 0 N–H and O–H groups in total. The second kappa shape index (κ2) is 6.37. The summed E-state index contributed by atoms with van der Waals surface area (Å²) in [5.74, 6) is -0.478. The largest absolute Gasteiger partial charge is 0.382 e. The molecule has 17 heavy (non-hydrogen) atoms. The van der Waals surface area contributed by atoms with Crippen LogP contribution in [0.4, 0.5) is 0 Å². The Kier molecular flexibility index (Phi) is 5.12. The fraction of sp³-hybridized carbons (Fsp3) is 0.462. The number of rotatable bonds is 5. The molecule has 0 saturated carbocycles. The van der Waals surface area contributed by atoms with Gasteiger partial charge in [-0.2, -0.15) is 4.89 Å². The maximum Gasteiger partial charge on any atom is 0.373 e. The van der Waals surface area contributed by atoms with Crippen molar-refractivity contribution in [2.45, 2.75) is 26.9 Å². The van der Waals surface area contributed by atoms with E-state index in [-0.39, 0.29) is 6.10 Å². The molecule has 0 aromatic heterocycles. The molecule has 0 heterocycles. The van der Waals surface area contributed by atoms with Crippen LogP contribution in [0.5, 0.6) is 0 Å². The van der Waals surface area contributed by atoms with E-state index in [1.165, 1.54) is 0 Å². The lowest BCUT2D eigenvalue weighted by molar-refractivity contribution is -0.276. The molecule has 1 unspecified atom stereocenters. The molecule has 1 rings (SSSR count). The van der Waals surface area contributed by atoms with Gasteiger partial charge in [0.05, 0.1) is 12.2 Å². The summed E-state index contributed by atoms with van der Waals surface area (Å²) >= 11 is 0. The Morgan fingerprint density at radius 1 is 1.35 bits per heavy atom. The Labute approximate surface area is 101 Å². The molecule has 0 aliphatic heterocycles. The minimum absolute atomic E-state index is 0.283. The molecule has 0 aliphatic carbocycles. The highest BCUT2D eigenvalue weighted by Crippen LogP contribution is 2.12. The first-order valence-electron chi connectivity index (χ1n) is 5.48. The standard InChI is InChI=1S/C13H18O4/c1-9-5-6-10(2)12(7-9)13(14)17-16-11(3)8-15-4/h5-7,11H,8H2,1-4H3. The maximum absolute atomic E-state index is 11.7. The zero-order valence-electron chi connectivity index (χ0n) is 10.6. The Bertz CT molecular complexity index is 387. The molecule has 0 spiro atoms. The smallest absolute Gasteiger partial charge is 0.373 e. The first kappa shape index (κ1) is 13.7. The highest BCUT2D eigenvalue weighted by molar-refractivity contribution is 5.90. The number of methoxy groups -OCH3 is 1. The molecule has 0 radical (unpaired) electrons. The fourth-order valence-corrected chi connectivity index (χ4v) is 1.39. The normalized spacial score (nSPS) is 12.2. The third-order valence-corrected chi connectivity index (χ3v) is 2.30. The number of hydrogen-bond acceptors (Lipinski definition) is 4. The molecule has 0 amide bonds. The van der Waals surface area contributed by atoms with E-state index in [4.69, 9.17) is 14.5 Å². The summed E-state index contributed by atoms with van der Waals surface area (Å²) in [6.07, 6.45) is -0.283. The van der Waals surface area contributed by atoms with Crippen molar-refractivity contribution in [3.8, 4) is 0 Å². The van der Waals surface area contributed by atoms with Gasteiger partial charge in [-0.15, -0.1) is 0 Å². The van der Waals surface area contributed by atoms with E-state index in [0.717, 1.165) is 11.1 Å². The second-order valence-corrected chi connectivity index (χ2v) is 4.05. The van der Waals surface area contributed by atoms with Gasteiger partial charge in [0.15, 0.2) is 0 Å². The van der Waals surface area contributed by atoms with Crippen LogP contribution in [0.15, 0.2) is 18.2 Å². The molecule has 0 aliphatic rings. The van der Waals surface area contributed by atoms with Crippen LogP contribution in [-0.2, 0) is 14.5 Å². The lowest BCUT2D eigenvalue weighted by Crippen LogP contribution is -2.18. The van der Waals surface area contributed by atoms with Crippen LogP contribution in [0, 0.1) is 13.8 Å². The number of aryl methyl sites for hydroxylation is 2. The van der Waals surface area contributed by atoms with Gasteiger partial charge in [-0.25, -0.2) is 4.79 Å². The second-order valence-electron chi connectivity index (χ2n) is 4.05. The van der Waals surface area contributed by atoms with Crippen molar-refractivity contribution in [3.05, 3.63) is 34.9 Å². The number of carbonyl (C=O) groups is 1. The van der Waals surface area contributed by atoms with Gasteiger partial charge >= 0.3 is 5.97 Å². The van der Waals surface area contributed by atoms with Crippen LogP contribution in [0.25, 0.3) is 0 Å². The Balaban J connectivity index is 2.61. The Morgan fingerprint density at radius 2 is 2.06 bits per heavy atom. The van der Waals surface area contributed by atoms with E-state index in [0.29, 0.717) is 12.2 Å². The summed E-state index contributed by atoms with van der Waals surface area (Å²) in [7, 11) is 1.56. The lowest BCUT2D eigenvalue weighted by atomic mass is 10.1. The highest BCUT2D eigenvalue weighted by Gasteiger charge is 2.13. The lowest BCUT2D eigenvalue weighted by Gasteiger charge is -2.11. The molecule has 4 heteroatoms. The van der Waals surface area contributed by atoms with Crippen molar-refractivity contribution in [2.75, 3.05) is 13.7 Å². The van der Waals surface area contributed by atoms with Crippen LogP contribution in [-0.4, -0.2) is 25.8 Å². The van der Waals surface area contributed by atoms with Crippen molar-refractivity contribution in [3.63, 3.8) is 0 Å². The summed E-state index contributed by atoms with van der Waals surface area (Å²) < 4.78 is 4.87. The highest BCUT2D eigenvalue weighted by atomic mass is 17.2. The molecule has 0 bridgehead atoms. The van der Waals surface area contributed by atoms with Gasteiger partial charge in [0.2, 0.25) is 0 Å². The van der Waals surface area contributed by atoms with Crippen molar-refractivity contribution < 1.29 is 19.3 Å². The Morgan fingerprint density at radius 3 is 2.71 bits per heavy atom. The topological polar surface area (TPSA) is 44.8 Å². The van der Waals surface area contributed by atoms with Gasteiger partial charge in [-0.1, -0.05) is 17.7 Å².